The van der Waals surface area contributed by atoms with E-state index in [-0.39, 0.29) is 5.69 Å². The molecular formula is C21H16BrN3O4. The zero-order valence-electron chi connectivity index (χ0n) is 15.1. The van der Waals surface area contributed by atoms with Crippen LogP contribution in [0.4, 0.5) is 5.69 Å². The van der Waals surface area contributed by atoms with Gasteiger partial charge < -0.3 is 4.74 Å². The van der Waals surface area contributed by atoms with Crippen LogP contribution >= 0.6 is 15.9 Å². The summed E-state index contributed by atoms with van der Waals surface area (Å²) in [5, 5.41) is 14.7. The first-order valence-electron chi connectivity index (χ1n) is 8.57. The van der Waals surface area contributed by atoms with Gasteiger partial charge >= 0.3 is 0 Å². The lowest BCUT2D eigenvalue weighted by molar-refractivity contribution is -0.384. The number of hydrazone groups is 1. The van der Waals surface area contributed by atoms with Crippen LogP contribution in [0.5, 0.6) is 5.75 Å². The van der Waals surface area contributed by atoms with Crippen LogP contribution in [0.25, 0.3) is 0 Å². The Kier molecular flexibility index (Phi) is 6.70. The molecule has 0 saturated heterocycles. The number of rotatable bonds is 7. The van der Waals surface area contributed by atoms with Gasteiger partial charge in [-0.05, 0) is 23.8 Å². The summed E-state index contributed by atoms with van der Waals surface area (Å²) < 4.78 is 6.52. The van der Waals surface area contributed by atoms with Crippen molar-refractivity contribution < 1.29 is 14.5 Å². The van der Waals surface area contributed by atoms with Crippen molar-refractivity contribution in [3.8, 4) is 5.75 Å². The molecule has 0 saturated carbocycles. The maximum Gasteiger partial charge on any atom is 0.275 e. The van der Waals surface area contributed by atoms with Crippen LogP contribution in [-0.2, 0) is 6.61 Å². The number of hydrogen-bond donors (Lipinski definition) is 1. The highest BCUT2D eigenvalue weighted by atomic mass is 79.9. The molecular weight excluding hydrogens is 438 g/mol. The smallest absolute Gasteiger partial charge is 0.275 e. The number of hydrogen-bond acceptors (Lipinski definition) is 5. The molecule has 3 rings (SSSR count). The Morgan fingerprint density at radius 3 is 2.66 bits per heavy atom. The molecule has 29 heavy (non-hydrogen) atoms. The third-order valence-corrected chi connectivity index (χ3v) is 4.38. The zero-order chi connectivity index (χ0) is 20.6. The van der Waals surface area contributed by atoms with E-state index in [4.69, 9.17) is 4.74 Å². The van der Waals surface area contributed by atoms with E-state index in [0.29, 0.717) is 23.5 Å². The number of nitro benzene ring substituents is 1. The lowest BCUT2D eigenvalue weighted by Crippen LogP contribution is -2.18. The molecule has 0 aliphatic heterocycles. The Balaban J connectivity index is 1.70. The molecule has 7 nitrogen and oxygen atoms in total. The number of nitrogens with zero attached hydrogens (tertiary/aromatic N) is 2. The first-order chi connectivity index (χ1) is 14.0. The Morgan fingerprint density at radius 1 is 1.10 bits per heavy atom. The van der Waals surface area contributed by atoms with Crippen LogP contribution < -0.4 is 10.2 Å². The van der Waals surface area contributed by atoms with Gasteiger partial charge in [-0.15, -0.1) is 0 Å². The highest BCUT2D eigenvalue weighted by molar-refractivity contribution is 9.10. The van der Waals surface area contributed by atoms with Gasteiger partial charge in [0.05, 0.1) is 16.7 Å². The van der Waals surface area contributed by atoms with Gasteiger partial charge in [0.15, 0.2) is 0 Å². The fourth-order valence-electron chi connectivity index (χ4n) is 2.49. The minimum absolute atomic E-state index is 0.0520. The summed E-state index contributed by atoms with van der Waals surface area (Å²) in [7, 11) is 0. The minimum atomic E-state index is -0.492. The van der Waals surface area contributed by atoms with Gasteiger partial charge in [0, 0.05) is 22.2 Å². The molecule has 3 aromatic carbocycles. The Hall–Kier alpha value is -3.52. The number of nitro groups is 1. The number of halogens is 1. The summed E-state index contributed by atoms with van der Waals surface area (Å²) in [6.07, 6.45) is 1.34. The van der Waals surface area contributed by atoms with Crippen LogP contribution in [0.3, 0.4) is 0 Å². The van der Waals surface area contributed by atoms with Gasteiger partial charge in [0.2, 0.25) is 0 Å². The third kappa shape index (κ3) is 5.73. The highest BCUT2D eigenvalue weighted by Crippen LogP contribution is 2.24. The van der Waals surface area contributed by atoms with Crippen molar-refractivity contribution in [2.75, 3.05) is 0 Å². The summed E-state index contributed by atoms with van der Waals surface area (Å²) >= 11 is 3.35. The fourth-order valence-corrected chi connectivity index (χ4v) is 2.85. The van der Waals surface area contributed by atoms with Crippen LogP contribution in [0.15, 0.2) is 82.4 Å². The molecule has 0 radical (unpaired) electrons. The standard InChI is InChI=1S/C21H16BrN3O4/c22-17-9-10-20(29-14-15-5-2-1-3-6-15)19(12-17)21(26)24-23-13-16-7-4-8-18(11-16)25(27)28/h1-13H,14H2,(H,24,26)/b23-13+. The summed E-state index contributed by atoms with van der Waals surface area (Å²) in [4.78, 5) is 22.9. The molecule has 0 fully saturated rings. The molecule has 0 aliphatic rings. The molecule has 0 atom stereocenters. The van der Waals surface area contributed by atoms with E-state index >= 15 is 0 Å². The monoisotopic (exact) mass is 453 g/mol. The van der Waals surface area contributed by atoms with Crippen LogP contribution in [-0.4, -0.2) is 17.0 Å². The Labute approximate surface area is 175 Å². The third-order valence-electron chi connectivity index (χ3n) is 3.88. The molecule has 0 unspecified atom stereocenters. The van der Waals surface area contributed by atoms with Crippen molar-refractivity contribution in [1.29, 1.82) is 0 Å². The number of carbonyl (C=O) groups is 1. The van der Waals surface area contributed by atoms with Crippen molar-refractivity contribution in [3.63, 3.8) is 0 Å². The molecule has 1 N–H and O–H groups in total. The number of amides is 1. The molecule has 0 heterocycles. The van der Waals surface area contributed by atoms with Gasteiger partial charge in [-0.3, -0.25) is 14.9 Å². The average molecular weight is 454 g/mol. The van der Waals surface area contributed by atoms with Crippen LogP contribution in [0.1, 0.15) is 21.5 Å². The molecule has 0 aromatic heterocycles. The van der Waals surface area contributed by atoms with E-state index in [1.165, 1.54) is 18.3 Å². The molecule has 8 heteroatoms. The molecule has 0 bridgehead atoms. The largest absolute Gasteiger partial charge is 0.488 e. The zero-order valence-corrected chi connectivity index (χ0v) is 16.7. The van der Waals surface area contributed by atoms with Crippen LogP contribution in [0, 0.1) is 10.1 Å². The van der Waals surface area contributed by atoms with E-state index in [0.717, 1.165) is 10.0 Å². The van der Waals surface area contributed by atoms with Crippen molar-refractivity contribution in [2.45, 2.75) is 6.61 Å². The first-order valence-corrected chi connectivity index (χ1v) is 9.36. The van der Waals surface area contributed by atoms with E-state index in [2.05, 4.69) is 26.5 Å². The average Bonchev–Trinajstić information content (AvgIpc) is 2.73. The highest BCUT2D eigenvalue weighted by Gasteiger charge is 2.13. The summed E-state index contributed by atoms with van der Waals surface area (Å²) in [6, 6.07) is 20.7. The van der Waals surface area contributed by atoms with Gasteiger partial charge in [0.1, 0.15) is 12.4 Å². The Morgan fingerprint density at radius 2 is 1.90 bits per heavy atom. The van der Waals surface area contributed by atoms with Crippen molar-refractivity contribution >= 4 is 33.7 Å². The maximum atomic E-state index is 12.6. The predicted octanol–water partition coefficient (Wildman–Crippen LogP) is 4.70. The summed E-state index contributed by atoms with van der Waals surface area (Å²) in [5.74, 6) is -0.0452. The second kappa shape index (κ2) is 9.61. The quantitative estimate of drug-likeness (QED) is 0.318. The lowest BCUT2D eigenvalue weighted by atomic mass is 10.2. The summed E-state index contributed by atoms with van der Waals surface area (Å²) in [6.45, 7) is 0.319. The predicted molar refractivity (Wildman–Crippen MR) is 113 cm³/mol. The van der Waals surface area contributed by atoms with E-state index < -0.39 is 10.8 Å². The second-order valence-electron chi connectivity index (χ2n) is 5.97. The van der Waals surface area contributed by atoms with Gasteiger partial charge in [-0.2, -0.15) is 5.10 Å². The molecule has 3 aromatic rings. The van der Waals surface area contributed by atoms with E-state index in [1.54, 1.807) is 30.3 Å². The fraction of sp³-hybridized carbons (Fsp3) is 0.0476. The molecule has 1 amide bonds. The van der Waals surface area contributed by atoms with Crippen LogP contribution in [0.2, 0.25) is 0 Å². The van der Waals surface area contributed by atoms with Crippen molar-refractivity contribution in [1.82, 2.24) is 5.43 Å². The topological polar surface area (TPSA) is 93.8 Å². The Bertz CT molecular complexity index is 1050. The first kappa shape index (κ1) is 20.2. The minimum Gasteiger partial charge on any atom is -0.488 e. The summed E-state index contributed by atoms with van der Waals surface area (Å²) in [5.41, 5.74) is 4.15. The van der Waals surface area contributed by atoms with Crippen molar-refractivity contribution in [2.24, 2.45) is 5.10 Å². The van der Waals surface area contributed by atoms with E-state index in [1.807, 2.05) is 30.3 Å². The van der Waals surface area contributed by atoms with Gasteiger partial charge in [-0.25, -0.2) is 5.43 Å². The van der Waals surface area contributed by atoms with Gasteiger partial charge in [-0.1, -0.05) is 58.4 Å². The maximum absolute atomic E-state index is 12.6. The normalized spacial score (nSPS) is 10.7. The second-order valence-corrected chi connectivity index (χ2v) is 6.88. The SMILES string of the molecule is O=C(N/N=C/c1cccc([N+](=O)[O-])c1)c1cc(Br)ccc1OCc1ccccc1. The van der Waals surface area contributed by atoms with E-state index in [9.17, 15) is 14.9 Å². The van der Waals surface area contributed by atoms with Gasteiger partial charge in [0.25, 0.3) is 11.6 Å². The number of nitrogens with one attached hydrogen (secondary N) is 1. The number of non-ortho nitro benzene ring substituents is 1. The molecule has 146 valence electrons. The number of ether oxygens (including phenoxy) is 1. The number of benzene rings is 3. The molecule has 0 spiro atoms. The van der Waals surface area contributed by atoms with Crippen molar-refractivity contribution in [3.05, 3.63) is 104 Å². The lowest BCUT2D eigenvalue weighted by Gasteiger charge is -2.11. The molecule has 0 aliphatic carbocycles. The number of carbonyl (C=O) groups excluding carboxylic acids is 1.